The van der Waals surface area contributed by atoms with Gasteiger partial charge in [-0.3, -0.25) is 0 Å². The number of hydrogen-bond acceptors (Lipinski definition) is 1. The van der Waals surface area contributed by atoms with Crippen LogP contribution in [0.2, 0.25) is 15.1 Å². The maximum atomic E-state index is 6.14. The van der Waals surface area contributed by atoms with Crippen molar-refractivity contribution < 1.29 is 26.2 Å². The summed E-state index contributed by atoms with van der Waals surface area (Å²) in [6.45, 7) is 8.80. The van der Waals surface area contributed by atoms with Crippen molar-refractivity contribution in [3.8, 4) is 5.75 Å². The van der Waals surface area contributed by atoms with Gasteiger partial charge in [0.25, 0.3) is 0 Å². The zero-order valence-electron chi connectivity index (χ0n) is 12.5. The van der Waals surface area contributed by atoms with E-state index in [-0.39, 0.29) is 17.0 Å². The van der Waals surface area contributed by atoms with Gasteiger partial charge in [-0.25, -0.2) is 0 Å². The van der Waals surface area contributed by atoms with Gasteiger partial charge in [-0.2, -0.15) is 0 Å². The molecule has 0 aliphatic carbocycles. The molecule has 0 aromatic heterocycles. The molecular weight excluding hydrogens is 408 g/mol. The minimum absolute atomic E-state index is 0. The number of ether oxygens (including phenoxy) is 1. The molecule has 0 unspecified atom stereocenters. The molecule has 0 saturated carbocycles. The van der Waals surface area contributed by atoms with Crippen LogP contribution in [-0.2, 0) is 0 Å². The van der Waals surface area contributed by atoms with E-state index in [0.29, 0.717) is 27.4 Å². The van der Waals surface area contributed by atoms with Gasteiger partial charge in [0.15, 0.2) is 5.75 Å². The smallest absolute Gasteiger partial charge is 0.156 e. The maximum absolute atomic E-state index is 6.14. The molecule has 0 spiro atoms. The van der Waals surface area contributed by atoms with E-state index in [0.717, 1.165) is 17.6 Å². The lowest BCUT2D eigenvalue weighted by Crippen LogP contribution is -3.00. The first-order valence-corrected chi connectivity index (χ1v) is 8.43. The van der Waals surface area contributed by atoms with Gasteiger partial charge in [-0.15, -0.1) is 0 Å². The molecule has 1 aromatic rings. The molecule has 1 aliphatic rings. The van der Waals surface area contributed by atoms with E-state index in [1.54, 1.807) is 12.1 Å². The number of benzene rings is 1. The van der Waals surface area contributed by atoms with Crippen LogP contribution in [0.25, 0.3) is 0 Å². The topological polar surface area (TPSA) is 9.23 Å². The Labute approximate surface area is 158 Å². The van der Waals surface area contributed by atoms with Crippen LogP contribution in [0.4, 0.5) is 0 Å². The van der Waals surface area contributed by atoms with Gasteiger partial charge in [-0.1, -0.05) is 41.4 Å². The highest BCUT2D eigenvalue weighted by atomic mass is 79.9. The fraction of sp³-hybridized carbons (Fsp3) is 0.500. The fourth-order valence-electron chi connectivity index (χ4n) is 2.96. The number of likely N-dealkylation sites (tertiary alicyclic amines) is 1. The first kappa shape index (κ1) is 20.1. The predicted octanol–water partition coefficient (Wildman–Crippen LogP) is 2.22. The molecule has 0 radical (unpaired) electrons. The van der Waals surface area contributed by atoms with E-state index in [9.17, 15) is 0 Å². The molecule has 22 heavy (non-hydrogen) atoms. The Hall–Kier alpha value is 0.0700. The number of quaternary nitrogens is 1. The molecule has 1 saturated heterocycles. The minimum Gasteiger partial charge on any atom is -1.00 e. The van der Waals surface area contributed by atoms with Crippen LogP contribution >= 0.6 is 34.8 Å². The lowest BCUT2D eigenvalue weighted by molar-refractivity contribution is -0.927. The van der Waals surface area contributed by atoms with Crippen LogP contribution in [0.5, 0.6) is 5.75 Å². The van der Waals surface area contributed by atoms with Crippen LogP contribution in [0, 0.1) is 0 Å². The normalized spacial score (nSPS) is 16.7. The van der Waals surface area contributed by atoms with Gasteiger partial charge < -0.3 is 26.2 Å². The summed E-state index contributed by atoms with van der Waals surface area (Å²) >= 11 is 18.2. The minimum atomic E-state index is 0. The monoisotopic (exact) mass is 427 g/mol. The largest absolute Gasteiger partial charge is 1.00 e. The van der Waals surface area contributed by atoms with Crippen LogP contribution in [-0.4, -0.2) is 37.3 Å². The Morgan fingerprint density at radius 3 is 2.23 bits per heavy atom. The molecule has 1 aliphatic heterocycles. The van der Waals surface area contributed by atoms with Crippen LogP contribution in [0.15, 0.2) is 24.8 Å². The fourth-order valence-corrected chi connectivity index (χ4v) is 3.89. The quantitative estimate of drug-likeness (QED) is 0.498. The molecule has 1 fully saturated rings. The number of hydrogen-bond donors (Lipinski definition) is 0. The van der Waals surface area contributed by atoms with Crippen LogP contribution < -0.4 is 21.7 Å². The molecule has 2 rings (SSSR count). The van der Waals surface area contributed by atoms with Gasteiger partial charge in [0.05, 0.1) is 29.7 Å². The molecule has 124 valence electrons. The Morgan fingerprint density at radius 1 is 1.09 bits per heavy atom. The average molecular weight is 430 g/mol. The molecule has 0 N–H and O–H groups in total. The Bertz CT molecular complexity index is 481. The summed E-state index contributed by atoms with van der Waals surface area (Å²) in [5, 5.41) is 1.44. The SMILES string of the molecule is C=CC[N+]1(CCOc2c(Cl)cc(Cl)cc2Cl)CCCCC1.[Br-]. The van der Waals surface area contributed by atoms with E-state index in [1.165, 1.54) is 32.4 Å². The summed E-state index contributed by atoms with van der Waals surface area (Å²) in [6.07, 6.45) is 5.88. The van der Waals surface area contributed by atoms with Crippen molar-refractivity contribution in [3.63, 3.8) is 0 Å². The number of piperidine rings is 1. The van der Waals surface area contributed by atoms with Crippen molar-refractivity contribution >= 4 is 34.8 Å². The maximum Gasteiger partial charge on any atom is 0.156 e. The lowest BCUT2D eigenvalue weighted by Gasteiger charge is -2.40. The summed E-state index contributed by atoms with van der Waals surface area (Å²) in [5.41, 5.74) is 0. The molecular formula is C16H21BrCl3NO. The predicted molar refractivity (Wildman–Crippen MR) is 90.7 cm³/mol. The second-order valence-corrected chi connectivity index (χ2v) is 6.84. The van der Waals surface area contributed by atoms with Gasteiger partial charge in [0, 0.05) is 5.02 Å². The third kappa shape index (κ3) is 5.31. The third-order valence-corrected chi connectivity index (χ3v) is 4.84. The zero-order valence-corrected chi connectivity index (χ0v) is 16.3. The molecule has 0 atom stereocenters. The van der Waals surface area contributed by atoms with Crippen LogP contribution in [0.1, 0.15) is 19.3 Å². The summed E-state index contributed by atoms with van der Waals surface area (Å²) < 4.78 is 6.87. The van der Waals surface area contributed by atoms with Gasteiger partial charge >= 0.3 is 0 Å². The van der Waals surface area contributed by atoms with Crippen LogP contribution in [0.3, 0.4) is 0 Å². The Morgan fingerprint density at radius 2 is 1.68 bits per heavy atom. The van der Waals surface area contributed by atoms with Crippen molar-refractivity contribution in [2.24, 2.45) is 0 Å². The second-order valence-electron chi connectivity index (χ2n) is 5.59. The first-order chi connectivity index (χ1) is 10.1. The molecule has 0 bridgehead atoms. The number of halogens is 4. The van der Waals surface area contributed by atoms with E-state index in [1.807, 2.05) is 6.08 Å². The number of rotatable bonds is 6. The van der Waals surface area contributed by atoms with Gasteiger partial charge in [0.1, 0.15) is 13.2 Å². The van der Waals surface area contributed by atoms with E-state index in [4.69, 9.17) is 39.5 Å². The van der Waals surface area contributed by atoms with E-state index in [2.05, 4.69) is 6.58 Å². The van der Waals surface area contributed by atoms with Crippen molar-refractivity contribution in [2.45, 2.75) is 19.3 Å². The molecule has 1 aromatic carbocycles. The van der Waals surface area contributed by atoms with Gasteiger partial charge in [-0.05, 0) is 37.5 Å². The summed E-state index contributed by atoms with van der Waals surface area (Å²) in [7, 11) is 0. The Kier molecular flexibility index (Phi) is 8.58. The lowest BCUT2D eigenvalue weighted by atomic mass is 10.1. The van der Waals surface area contributed by atoms with Gasteiger partial charge in [0.2, 0.25) is 0 Å². The molecule has 2 nitrogen and oxygen atoms in total. The highest BCUT2D eigenvalue weighted by molar-refractivity contribution is 6.40. The van der Waals surface area contributed by atoms with Crippen molar-refractivity contribution in [1.82, 2.24) is 0 Å². The van der Waals surface area contributed by atoms with Crippen molar-refractivity contribution in [3.05, 3.63) is 39.9 Å². The average Bonchev–Trinajstić information content (AvgIpc) is 2.43. The second kappa shape index (κ2) is 9.39. The summed E-state index contributed by atoms with van der Waals surface area (Å²) in [5.74, 6) is 0.525. The summed E-state index contributed by atoms with van der Waals surface area (Å²) in [4.78, 5) is 0. The standard InChI is InChI=1S/C16H21Cl3NO.BrH/c1-2-6-20(7-4-3-5-8-20)9-10-21-16-14(18)11-13(17)12-15(16)19;/h2,11-12H,1,3-10H2;1H/q+1;/p-1. The molecule has 1 heterocycles. The van der Waals surface area contributed by atoms with Crippen molar-refractivity contribution in [1.29, 1.82) is 0 Å². The zero-order chi connectivity index (χ0) is 15.3. The molecule has 0 amide bonds. The Balaban J connectivity index is 0.00000242. The third-order valence-electron chi connectivity index (χ3n) is 4.06. The number of nitrogens with zero attached hydrogens (tertiary/aromatic N) is 1. The van der Waals surface area contributed by atoms with E-state index >= 15 is 0 Å². The summed E-state index contributed by atoms with van der Waals surface area (Å²) in [6, 6.07) is 3.30. The highest BCUT2D eigenvalue weighted by Gasteiger charge is 2.28. The van der Waals surface area contributed by atoms with Crippen molar-refractivity contribution in [2.75, 3.05) is 32.8 Å². The van der Waals surface area contributed by atoms with E-state index < -0.39 is 0 Å². The first-order valence-electron chi connectivity index (χ1n) is 7.30. The molecule has 6 heteroatoms. The highest BCUT2D eigenvalue weighted by Crippen LogP contribution is 2.35.